The van der Waals surface area contributed by atoms with Gasteiger partial charge in [-0.05, 0) is 37.1 Å². The number of H-pyrrole nitrogens is 1. The molecule has 164 valence electrons. The summed E-state index contributed by atoms with van der Waals surface area (Å²) in [6.07, 6.45) is 1.61. The van der Waals surface area contributed by atoms with Gasteiger partial charge in [-0.25, -0.2) is 9.59 Å². The van der Waals surface area contributed by atoms with Crippen molar-refractivity contribution in [2.24, 2.45) is 0 Å². The fraction of sp³-hybridized carbons (Fsp3) is 0.240. The highest BCUT2D eigenvalue weighted by Gasteiger charge is 2.33. The van der Waals surface area contributed by atoms with Gasteiger partial charge >= 0.3 is 11.9 Å². The first-order valence-electron chi connectivity index (χ1n) is 10.4. The second-order valence-electron chi connectivity index (χ2n) is 7.58. The van der Waals surface area contributed by atoms with E-state index in [0.717, 1.165) is 22.0 Å². The summed E-state index contributed by atoms with van der Waals surface area (Å²) < 4.78 is 9.98. The summed E-state index contributed by atoms with van der Waals surface area (Å²) in [5.41, 5.74) is 4.44. The van der Waals surface area contributed by atoms with Crippen molar-refractivity contribution in [1.29, 1.82) is 0 Å². The van der Waals surface area contributed by atoms with E-state index in [1.54, 1.807) is 37.4 Å². The molecule has 32 heavy (non-hydrogen) atoms. The molecule has 0 amide bonds. The van der Waals surface area contributed by atoms with E-state index in [1.807, 2.05) is 25.1 Å². The van der Waals surface area contributed by atoms with E-state index in [2.05, 4.69) is 10.3 Å². The third-order valence-electron chi connectivity index (χ3n) is 5.67. The molecule has 2 N–H and O–H groups in total. The van der Waals surface area contributed by atoms with E-state index >= 15 is 0 Å². The molecule has 7 nitrogen and oxygen atoms in total. The van der Waals surface area contributed by atoms with Crippen molar-refractivity contribution in [3.8, 4) is 0 Å². The van der Waals surface area contributed by atoms with Crippen molar-refractivity contribution < 1.29 is 23.9 Å². The van der Waals surface area contributed by atoms with Crippen LogP contribution < -0.4 is 5.32 Å². The normalized spacial score (nSPS) is 15.2. The number of para-hydroxylation sites is 1. The van der Waals surface area contributed by atoms with E-state index in [4.69, 9.17) is 9.47 Å². The molecule has 3 aromatic rings. The summed E-state index contributed by atoms with van der Waals surface area (Å²) >= 11 is 0. The number of Topliss-reactive ketones (excluding diaryl/α,β-unsaturated/α-hetero) is 1. The van der Waals surface area contributed by atoms with Gasteiger partial charge in [0.2, 0.25) is 0 Å². The molecule has 1 aliphatic heterocycles. The van der Waals surface area contributed by atoms with Crippen LogP contribution in [0.1, 0.15) is 50.4 Å². The number of carbonyl (C=O) groups excluding carboxylic acids is 3. The highest BCUT2D eigenvalue weighted by atomic mass is 16.5. The Balaban J connectivity index is 1.82. The van der Waals surface area contributed by atoms with E-state index < -0.39 is 17.9 Å². The Bertz CT molecular complexity index is 1240. The molecule has 0 spiro atoms. The molecule has 0 bridgehead atoms. The third kappa shape index (κ3) is 3.66. The smallest absolute Gasteiger partial charge is 0.341 e. The number of rotatable bonds is 5. The third-order valence-corrected chi connectivity index (χ3v) is 5.67. The Morgan fingerprint density at radius 1 is 1.03 bits per heavy atom. The Kier molecular flexibility index (Phi) is 5.81. The highest BCUT2D eigenvalue weighted by molar-refractivity contribution is 6.19. The van der Waals surface area contributed by atoms with E-state index in [9.17, 15) is 14.4 Å². The van der Waals surface area contributed by atoms with Gasteiger partial charge in [0.05, 0.1) is 36.5 Å². The van der Waals surface area contributed by atoms with Gasteiger partial charge in [-0.2, -0.15) is 0 Å². The molecule has 2 aromatic carbocycles. The lowest BCUT2D eigenvalue weighted by molar-refractivity contribution is -0.136. The molecule has 7 heteroatoms. The second kappa shape index (κ2) is 8.70. The van der Waals surface area contributed by atoms with Crippen molar-refractivity contribution in [3.63, 3.8) is 0 Å². The number of carbonyl (C=O) groups is 3. The van der Waals surface area contributed by atoms with Crippen LogP contribution in [0.5, 0.6) is 0 Å². The van der Waals surface area contributed by atoms with Gasteiger partial charge in [0.25, 0.3) is 0 Å². The number of methoxy groups -OCH3 is 1. The van der Waals surface area contributed by atoms with Gasteiger partial charge in [0, 0.05) is 29.2 Å². The lowest BCUT2D eigenvalue weighted by atomic mass is 9.87. The van der Waals surface area contributed by atoms with Crippen molar-refractivity contribution >= 4 is 34.2 Å². The molecule has 0 saturated carbocycles. The highest BCUT2D eigenvalue weighted by Crippen LogP contribution is 2.37. The zero-order valence-electron chi connectivity index (χ0n) is 18.2. The van der Waals surface area contributed by atoms with Gasteiger partial charge in [0.15, 0.2) is 5.78 Å². The van der Waals surface area contributed by atoms with Gasteiger partial charge in [0.1, 0.15) is 0 Å². The van der Waals surface area contributed by atoms with E-state index in [0.29, 0.717) is 28.9 Å². The van der Waals surface area contributed by atoms with Crippen LogP contribution in [-0.4, -0.2) is 43.0 Å². The molecular formula is C25H24N2O5. The Morgan fingerprint density at radius 3 is 2.44 bits per heavy atom. The first-order valence-corrected chi connectivity index (χ1v) is 10.4. The Hall–Kier alpha value is -3.87. The number of aromatic amines is 1. The monoisotopic (exact) mass is 432 g/mol. The molecule has 0 aliphatic carbocycles. The number of hydrogen-bond acceptors (Lipinski definition) is 6. The maximum Gasteiger partial charge on any atom is 0.341 e. The second-order valence-corrected chi connectivity index (χ2v) is 7.58. The molecule has 4 rings (SSSR count). The number of nitrogens with one attached hydrogen (secondary N) is 2. The van der Waals surface area contributed by atoms with Crippen LogP contribution in [0.25, 0.3) is 16.5 Å². The molecule has 1 aromatic heterocycles. The predicted octanol–water partition coefficient (Wildman–Crippen LogP) is 3.74. The number of ketones is 1. The number of fused-ring (bicyclic) bond motifs is 3. The first-order chi connectivity index (χ1) is 15.5. The van der Waals surface area contributed by atoms with E-state index in [-0.39, 0.29) is 12.4 Å². The number of ether oxygens (including phenoxy) is 2. The summed E-state index contributed by atoms with van der Waals surface area (Å²) in [7, 11) is 1.31. The van der Waals surface area contributed by atoms with Crippen molar-refractivity contribution in [3.05, 3.63) is 76.6 Å². The number of hydrogen-bond donors (Lipinski definition) is 2. The van der Waals surface area contributed by atoms with Crippen LogP contribution in [0.15, 0.2) is 48.7 Å². The zero-order chi connectivity index (χ0) is 22.8. The average Bonchev–Trinajstić information content (AvgIpc) is 3.08. The number of aryl methyl sites for hydroxylation is 1. The van der Waals surface area contributed by atoms with Gasteiger partial charge in [-0.1, -0.05) is 30.3 Å². The summed E-state index contributed by atoms with van der Waals surface area (Å²) in [5.74, 6) is -1.58. The van der Waals surface area contributed by atoms with Crippen molar-refractivity contribution in [2.45, 2.75) is 19.8 Å². The fourth-order valence-electron chi connectivity index (χ4n) is 4.10. The summed E-state index contributed by atoms with van der Waals surface area (Å²) in [4.78, 5) is 41.3. The molecular weight excluding hydrogens is 408 g/mol. The van der Waals surface area contributed by atoms with Crippen LogP contribution in [0, 0.1) is 6.92 Å². The number of esters is 2. The topological polar surface area (TPSA) is 97.5 Å². The summed E-state index contributed by atoms with van der Waals surface area (Å²) in [6, 6.07) is 12.3. The Morgan fingerprint density at radius 2 is 1.75 bits per heavy atom. The van der Waals surface area contributed by atoms with Crippen LogP contribution in [0.2, 0.25) is 0 Å². The van der Waals surface area contributed by atoms with Gasteiger partial charge < -0.3 is 19.8 Å². The molecule has 1 atom stereocenters. The molecule has 2 heterocycles. The number of aromatic nitrogens is 1. The number of benzene rings is 2. The first kappa shape index (κ1) is 21.4. The quantitative estimate of drug-likeness (QED) is 0.471. The largest absolute Gasteiger partial charge is 0.465 e. The maximum atomic E-state index is 13.6. The Labute approximate surface area is 185 Å². The summed E-state index contributed by atoms with van der Waals surface area (Å²) in [5, 5.41) is 4.00. The van der Waals surface area contributed by atoms with Crippen molar-refractivity contribution in [2.75, 3.05) is 20.3 Å². The van der Waals surface area contributed by atoms with Crippen LogP contribution >= 0.6 is 0 Å². The van der Waals surface area contributed by atoms with Crippen LogP contribution in [0.3, 0.4) is 0 Å². The van der Waals surface area contributed by atoms with Crippen LogP contribution in [-0.2, 0) is 14.3 Å². The fourth-order valence-corrected chi connectivity index (χ4v) is 4.10. The predicted molar refractivity (Wildman–Crippen MR) is 121 cm³/mol. The molecule has 0 fully saturated rings. The van der Waals surface area contributed by atoms with Crippen LogP contribution in [0.4, 0.5) is 0 Å². The summed E-state index contributed by atoms with van der Waals surface area (Å²) in [6.45, 7) is 4.30. The lowest BCUT2D eigenvalue weighted by Gasteiger charge is -2.16. The maximum absolute atomic E-state index is 13.6. The molecule has 1 unspecified atom stereocenters. The molecule has 0 radical (unpaired) electrons. The molecule has 1 aliphatic rings. The molecule has 0 saturated heterocycles. The average molecular weight is 432 g/mol. The zero-order valence-corrected chi connectivity index (χ0v) is 18.2. The minimum atomic E-state index is -0.548. The van der Waals surface area contributed by atoms with Gasteiger partial charge in [-0.15, -0.1) is 0 Å². The minimum absolute atomic E-state index is 0.115. The SMILES string of the molecule is CCOC(=O)C1=CNCC(C(=O)c2ccc(C(=O)OC)cc2)c2c1[nH]c1c(C)cccc21. The lowest BCUT2D eigenvalue weighted by Crippen LogP contribution is -2.23. The minimum Gasteiger partial charge on any atom is -0.465 e. The van der Waals surface area contributed by atoms with Gasteiger partial charge in [-0.3, -0.25) is 4.79 Å². The standard InChI is InChI=1S/C25H24N2O5/c1-4-32-25(30)19-13-26-12-18(20-17-7-5-6-14(2)21(17)27-22(19)20)23(28)15-8-10-16(11-9-15)24(29)31-3/h5-11,13,18,26-27H,4,12H2,1-3H3. The van der Waals surface area contributed by atoms with Crippen molar-refractivity contribution in [1.82, 2.24) is 10.3 Å². The van der Waals surface area contributed by atoms with E-state index in [1.165, 1.54) is 7.11 Å².